The molecular formula is C44H32N10Na6O20S6. The number of allylic oxidation sites excluding steroid dienone is 2. The van der Waals surface area contributed by atoms with E-state index in [1.165, 1.54) is 66.7 Å². The van der Waals surface area contributed by atoms with E-state index >= 15 is 0 Å². The quantitative estimate of drug-likeness (QED) is 0.0238. The van der Waals surface area contributed by atoms with Crippen LogP contribution in [-0.4, -0.2) is 117 Å². The van der Waals surface area contributed by atoms with Crippen LogP contribution in [0.3, 0.4) is 0 Å². The smallest absolute Gasteiger partial charge is 0.747 e. The van der Waals surface area contributed by atoms with Gasteiger partial charge in [0.05, 0.1) is 31.0 Å². The number of aromatic nitrogens is 6. The Bertz CT molecular complexity index is 4100. The van der Waals surface area contributed by atoms with E-state index in [2.05, 4.69) is 51.2 Å². The molecule has 2 heterocycles. The van der Waals surface area contributed by atoms with Crippen LogP contribution in [0.15, 0.2) is 165 Å². The molecule has 8 rings (SSSR count). The Balaban J connectivity index is 0.00000420. The molecule has 0 saturated carbocycles. The van der Waals surface area contributed by atoms with Crippen LogP contribution in [0.4, 0.5) is 35.2 Å². The van der Waals surface area contributed by atoms with Gasteiger partial charge in [0.1, 0.15) is 77.9 Å². The molecule has 4 N–H and O–H groups in total. The summed E-state index contributed by atoms with van der Waals surface area (Å²) in [5.41, 5.74) is -4.43. The summed E-state index contributed by atoms with van der Waals surface area (Å²) in [6.07, 6.45) is 2.08. The first kappa shape index (κ1) is 80.0. The van der Waals surface area contributed by atoms with Gasteiger partial charge in [-0.25, -0.2) is 50.5 Å². The van der Waals surface area contributed by atoms with E-state index in [0.29, 0.717) is 42.0 Å². The second-order valence-electron chi connectivity index (χ2n) is 16.5. The maximum Gasteiger partial charge on any atom is 1.00 e. The summed E-state index contributed by atoms with van der Waals surface area (Å²) in [6, 6.07) is 23.4. The monoisotopic (exact) mass is 1350 g/mol. The molecule has 420 valence electrons. The molecule has 2 aromatic heterocycles. The third-order valence-electron chi connectivity index (χ3n) is 11.1. The van der Waals surface area contributed by atoms with E-state index in [1.807, 2.05) is 0 Å². The van der Waals surface area contributed by atoms with Gasteiger partial charge in [-0.05, 0) is 72.3 Å². The van der Waals surface area contributed by atoms with Gasteiger partial charge in [-0.3, -0.25) is 0 Å². The summed E-state index contributed by atoms with van der Waals surface area (Å²) in [5, 5.41) is 9.61. The van der Waals surface area contributed by atoms with Crippen molar-refractivity contribution in [3.05, 3.63) is 151 Å². The third-order valence-corrected chi connectivity index (χ3v) is 18.3. The Morgan fingerprint density at radius 1 is 0.453 bits per heavy atom. The molecular weight excluding hydrogens is 1320 g/mol. The molecule has 42 heteroatoms. The van der Waals surface area contributed by atoms with Crippen LogP contribution >= 0.6 is 0 Å². The fourth-order valence-electron chi connectivity index (χ4n) is 7.62. The average Bonchev–Trinajstić information content (AvgIpc) is 3.37. The van der Waals surface area contributed by atoms with Crippen LogP contribution in [-0.2, 0) is 60.7 Å². The van der Waals surface area contributed by atoms with E-state index in [1.54, 1.807) is 30.3 Å². The molecule has 86 heavy (non-hydrogen) atoms. The molecule has 0 amide bonds. The fourth-order valence-corrected chi connectivity index (χ4v) is 12.6. The second kappa shape index (κ2) is 31.9. The van der Waals surface area contributed by atoms with E-state index in [4.69, 9.17) is 9.47 Å². The molecule has 0 saturated heterocycles. The SMILES string of the molecule is O=S(=O)([O-])c1ccc(S(=O)(=O)[O-])c(Nc2nc(NC3(Nc4nc(Nc5cc(S(=O)(=O)[O-])ccc5S(=O)(=O)[O-])nc(Oc5ccccc5)n4)C=CC(C=Cc4ccccc4)C(S(=O)(=O)[O-])(S(=O)(=O)[O-])C3)nc(Oc3ccccc3)n2)c1.[Na+].[Na+].[Na+].[Na+].[Na+].[Na+]. The largest absolute Gasteiger partial charge is 1.00 e. The van der Waals surface area contributed by atoms with E-state index in [9.17, 15) is 77.8 Å². The molecule has 1 atom stereocenters. The first-order valence-electron chi connectivity index (χ1n) is 21.8. The Kier molecular flexibility index (Phi) is 29.7. The van der Waals surface area contributed by atoms with Gasteiger partial charge in [0, 0.05) is 12.3 Å². The Hall–Kier alpha value is -2.14. The number of nitrogens with zero attached hydrogens (tertiary/aromatic N) is 6. The van der Waals surface area contributed by atoms with Gasteiger partial charge in [-0.15, -0.1) is 0 Å². The zero-order valence-corrected chi connectivity index (χ0v) is 62.4. The summed E-state index contributed by atoms with van der Waals surface area (Å²) in [5.74, 6) is -5.88. The number of para-hydroxylation sites is 2. The molecule has 7 aromatic rings. The maximum atomic E-state index is 13.7. The predicted molar refractivity (Wildman–Crippen MR) is 269 cm³/mol. The van der Waals surface area contributed by atoms with Crippen molar-refractivity contribution in [2.75, 3.05) is 21.3 Å². The van der Waals surface area contributed by atoms with Crippen LogP contribution in [0.1, 0.15) is 12.0 Å². The Morgan fingerprint density at radius 2 is 0.814 bits per heavy atom. The normalized spacial score (nSPS) is 14.6. The number of anilines is 6. The van der Waals surface area contributed by atoms with Crippen LogP contribution in [0.2, 0.25) is 0 Å². The average molecular weight is 1350 g/mol. The zero-order chi connectivity index (χ0) is 58.1. The van der Waals surface area contributed by atoms with Crippen molar-refractivity contribution in [3.63, 3.8) is 0 Å². The zero-order valence-electron chi connectivity index (χ0n) is 45.5. The molecule has 1 aliphatic carbocycles. The van der Waals surface area contributed by atoms with Gasteiger partial charge in [-0.1, -0.05) is 85.0 Å². The number of ether oxygens (including phenoxy) is 2. The number of benzene rings is 5. The minimum absolute atomic E-state index is 0. The number of rotatable bonds is 20. The molecule has 1 aliphatic rings. The molecule has 0 spiro atoms. The minimum atomic E-state index is -6.46. The summed E-state index contributed by atoms with van der Waals surface area (Å²) in [4.78, 5) is 20.0. The Morgan fingerprint density at radius 3 is 1.16 bits per heavy atom. The molecule has 0 bridgehead atoms. The van der Waals surface area contributed by atoms with Crippen molar-refractivity contribution < 1.29 is 265 Å². The van der Waals surface area contributed by atoms with Crippen molar-refractivity contribution >= 4 is 102 Å². The third kappa shape index (κ3) is 20.2. The first-order chi connectivity index (χ1) is 37.3. The summed E-state index contributed by atoms with van der Waals surface area (Å²) >= 11 is 0. The van der Waals surface area contributed by atoms with Gasteiger partial charge in [-0.2, -0.15) is 29.9 Å². The van der Waals surface area contributed by atoms with Crippen LogP contribution in [0.25, 0.3) is 6.08 Å². The minimum Gasteiger partial charge on any atom is -0.747 e. The summed E-state index contributed by atoms with van der Waals surface area (Å²) in [6.45, 7) is 0. The number of hydrogen-bond donors (Lipinski definition) is 4. The van der Waals surface area contributed by atoms with E-state index in [0.717, 1.165) is 18.2 Å². The van der Waals surface area contributed by atoms with Crippen molar-refractivity contribution in [1.82, 2.24) is 29.9 Å². The maximum absolute atomic E-state index is 13.7. The van der Waals surface area contributed by atoms with Crippen molar-refractivity contribution in [2.45, 2.75) is 35.7 Å². The molecule has 30 nitrogen and oxygen atoms in total. The van der Waals surface area contributed by atoms with Gasteiger partial charge in [0.2, 0.25) is 23.8 Å². The molecule has 5 aromatic carbocycles. The molecule has 1 unspecified atom stereocenters. The van der Waals surface area contributed by atoms with Gasteiger partial charge < -0.3 is 58.1 Å². The van der Waals surface area contributed by atoms with Gasteiger partial charge in [0.15, 0.2) is 4.08 Å². The van der Waals surface area contributed by atoms with Gasteiger partial charge in [0.25, 0.3) is 0 Å². The number of hydrogen-bond acceptors (Lipinski definition) is 30. The van der Waals surface area contributed by atoms with Crippen LogP contribution < -0.4 is 208 Å². The molecule has 0 aliphatic heterocycles. The Labute approximate surface area is 624 Å². The summed E-state index contributed by atoms with van der Waals surface area (Å²) < 4.78 is 237. The molecule has 0 fully saturated rings. The van der Waals surface area contributed by atoms with Crippen molar-refractivity contribution in [2.24, 2.45) is 5.92 Å². The standard InChI is InChI=1S/C44H38N10O20S6.6Na/c55-75(56,57)31-18-20-35(77(61,62)63)33(24-31)45-37-47-39(51-41(49-37)73-29-12-6-2-7-13-29)53-43(23-22-28(17-16-27-10-4-1-5-11-27)44(26-43,79(67,68)69)80(70,71)72)54-40-48-38(50-42(52-40)74-30-14-8-3-9-15-30)46-34-25-32(76(58,59)60)19-21-36(34)78(64,65)66;;;;;;/h1-25,28H,26H2,(H,55,56,57)(H,58,59,60)(H,61,62,63)(H,64,65,66)(H,67,68,69)(H,70,71,72)(H2,45,47,49,51,53)(H2,46,48,50,52,54);;;;;;/q;6*+1/p-6. The number of nitrogens with one attached hydrogen (secondary N) is 4. The van der Waals surface area contributed by atoms with Crippen molar-refractivity contribution in [3.8, 4) is 23.5 Å². The summed E-state index contributed by atoms with van der Waals surface area (Å²) in [7, 11) is -34.7. The van der Waals surface area contributed by atoms with E-state index in [-0.39, 0.29) is 189 Å². The predicted octanol–water partition coefficient (Wildman–Crippen LogP) is -14.9. The van der Waals surface area contributed by atoms with Crippen LogP contribution in [0.5, 0.6) is 23.5 Å². The van der Waals surface area contributed by atoms with E-state index < -0.39 is 150 Å². The second-order valence-corrected chi connectivity index (χ2v) is 25.5. The van der Waals surface area contributed by atoms with Crippen molar-refractivity contribution in [1.29, 1.82) is 0 Å². The van der Waals surface area contributed by atoms with Crippen LogP contribution in [0, 0.1) is 5.92 Å². The topological polar surface area (TPSA) is 487 Å². The van der Waals surface area contributed by atoms with Gasteiger partial charge >= 0.3 is 189 Å². The molecule has 0 radical (unpaired) electrons. The fraction of sp³-hybridized carbons (Fsp3) is 0.0909. The first-order valence-corrected chi connectivity index (χ1v) is 30.3.